The Morgan fingerprint density at radius 3 is 1.76 bits per heavy atom. The molecular weight excluding hydrogens is 571 g/mol. The van der Waals surface area contributed by atoms with Crippen molar-refractivity contribution in [1.82, 2.24) is 10.6 Å². The van der Waals surface area contributed by atoms with Gasteiger partial charge in [0.25, 0.3) is 0 Å². The lowest BCUT2D eigenvalue weighted by Crippen LogP contribution is -2.45. The molecule has 0 rings (SSSR count). The van der Waals surface area contributed by atoms with Crippen LogP contribution >= 0.6 is 0 Å². The van der Waals surface area contributed by atoms with Gasteiger partial charge in [0.15, 0.2) is 0 Å². The van der Waals surface area contributed by atoms with Crippen LogP contribution in [0.1, 0.15) is 164 Å². The second-order valence-corrected chi connectivity index (χ2v) is 13.3. The fourth-order valence-electron chi connectivity index (χ4n) is 5.42. The number of amides is 2. The molecule has 2 unspecified atom stereocenters. The summed E-state index contributed by atoms with van der Waals surface area (Å²) in [5.41, 5.74) is -1.05. The number of ether oxygens (including phenoxy) is 3. The van der Waals surface area contributed by atoms with Gasteiger partial charge in [0, 0.05) is 12.5 Å². The largest absolute Gasteiger partial charge is 0.377 e. The zero-order chi connectivity index (χ0) is 33.6. The van der Waals surface area contributed by atoms with Gasteiger partial charge in [-0.1, -0.05) is 124 Å². The summed E-state index contributed by atoms with van der Waals surface area (Å²) < 4.78 is 32.3. The van der Waals surface area contributed by atoms with Crippen molar-refractivity contribution in [2.45, 2.75) is 181 Å². The number of carbonyl (C=O) groups excluding carboxylic acids is 2. The molecule has 0 radical (unpaired) electrons. The number of hydrogen-bond donors (Lipinski definition) is 2. The fraction of sp³-hybridized carbons (Fsp3) is 0.946. The Labute approximate surface area is 277 Å². The van der Waals surface area contributed by atoms with E-state index in [9.17, 15) is 9.59 Å². The van der Waals surface area contributed by atoms with Crippen LogP contribution in [0.3, 0.4) is 0 Å². The van der Waals surface area contributed by atoms with Crippen molar-refractivity contribution in [2.75, 3.05) is 39.5 Å². The molecule has 0 aromatic carbocycles. The fourth-order valence-corrected chi connectivity index (χ4v) is 5.42. The predicted molar refractivity (Wildman–Crippen MR) is 185 cm³/mol. The Balaban J connectivity index is 4.23. The van der Waals surface area contributed by atoms with Crippen molar-refractivity contribution < 1.29 is 28.2 Å². The third-order valence-electron chi connectivity index (χ3n) is 8.70. The molecule has 2 amide bonds. The zero-order valence-corrected chi connectivity index (χ0v) is 30.3. The molecule has 7 nitrogen and oxygen atoms in total. The summed E-state index contributed by atoms with van der Waals surface area (Å²) in [7, 11) is 0. The van der Waals surface area contributed by atoms with Crippen LogP contribution in [0, 0.1) is 5.92 Å². The van der Waals surface area contributed by atoms with Crippen molar-refractivity contribution in [2.24, 2.45) is 5.92 Å². The average Bonchev–Trinajstić information content (AvgIpc) is 3.02. The van der Waals surface area contributed by atoms with Gasteiger partial charge in [-0.3, -0.25) is 9.59 Å². The zero-order valence-electron chi connectivity index (χ0n) is 30.3. The average molecular weight is 645 g/mol. The molecule has 0 fully saturated rings. The highest BCUT2D eigenvalue weighted by molar-refractivity contribution is 5.78. The first-order valence-electron chi connectivity index (χ1n) is 18.7. The van der Waals surface area contributed by atoms with Crippen LogP contribution in [0.2, 0.25) is 0 Å². The van der Waals surface area contributed by atoms with Gasteiger partial charge in [0.2, 0.25) is 11.8 Å². The van der Waals surface area contributed by atoms with E-state index in [4.69, 9.17) is 14.2 Å². The molecule has 268 valence electrons. The van der Waals surface area contributed by atoms with Crippen molar-refractivity contribution in [3.05, 3.63) is 0 Å². The minimum atomic E-state index is -1.33. The predicted octanol–water partition coefficient (Wildman–Crippen LogP) is 8.86. The number of hydrogen-bond acceptors (Lipinski definition) is 5. The lowest BCUT2D eigenvalue weighted by atomic mass is 9.93. The topological polar surface area (TPSA) is 85.9 Å². The first-order chi connectivity index (χ1) is 21.7. The Kier molecular flexibility index (Phi) is 29.3. The Morgan fingerprint density at radius 1 is 0.689 bits per heavy atom. The van der Waals surface area contributed by atoms with Crippen LogP contribution in [0.4, 0.5) is 4.39 Å². The normalized spacial score (nSPS) is 13.2. The minimum Gasteiger partial charge on any atom is -0.377 e. The monoisotopic (exact) mass is 645 g/mol. The van der Waals surface area contributed by atoms with Gasteiger partial charge in [-0.2, -0.15) is 0 Å². The van der Waals surface area contributed by atoms with Gasteiger partial charge in [-0.25, -0.2) is 4.39 Å². The van der Waals surface area contributed by atoms with Crippen molar-refractivity contribution >= 4 is 11.8 Å². The highest BCUT2D eigenvalue weighted by atomic mass is 19.1. The smallest absolute Gasteiger partial charge is 0.246 e. The molecule has 0 bridgehead atoms. The van der Waals surface area contributed by atoms with E-state index < -0.39 is 11.8 Å². The summed E-state index contributed by atoms with van der Waals surface area (Å²) in [4.78, 5) is 25.1. The van der Waals surface area contributed by atoms with Crippen LogP contribution in [0.5, 0.6) is 0 Å². The quantitative estimate of drug-likeness (QED) is 0.0697. The first kappa shape index (κ1) is 43.8. The summed E-state index contributed by atoms with van der Waals surface area (Å²) in [6.07, 6.45) is 20.3. The van der Waals surface area contributed by atoms with E-state index in [1.54, 1.807) is 13.8 Å². The van der Waals surface area contributed by atoms with Crippen LogP contribution in [0.25, 0.3) is 0 Å². The molecule has 0 saturated carbocycles. The van der Waals surface area contributed by atoms with E-state index in [1.165, 1.54) is 64.2 Å². The molecular formula is C37H73FN2O5. The highest BCUT2D eigenvalue weighted by Gasteiger charge is 2.31. The van der Waals surface area contributed by atoms with Gasteiger partial charge in [0.1, 0.15) is 12.8 Å². The first-order valence-corrected chi connectivity index (χ1v) is 18.7. The molecule has 0 aliphatic heterocycles. The molecule has 45 heavy (non-hydrogen) atoms. The number of rotatable bonds is 33. The maximum absolute atomic E-state index is 15.1. The van der Waals surface area contributed by atoms with Crippen molar-refractivity contribution in [1.29, 1.82) is 0 Å². The molecule has 0 aliphatic rings. The second kappa shape index (κ2) is 30.1. The van der Waals surface area contributed by atoms with E-state index in [0.717, 1.165) is 57.8 Å². The summed E-state index contributed by atoms with van der Waals surface area (Å²) in [5.74, 6) is -0.209. The Bertz CT molecular complexity index is 680. The van der Waals surface area contributed by atoms with Crippen molar-refractivity contribution in [3.63, 3.8) is 0 Å². The minimum absolute atomic E-state index is 0.0252. The lowest BCUT2D eigenvalue weighted by Gasteiger charge is -2.29. The van der Waals surface area contributed by atoms with E-state index in [0.29, 0.717) is 19.8 Å². The molecule has 8 heteroatoms. The van der Waals surface area contributed by atoms with E-state index in [-0.39, 0.29) is 43.6 Å². The SMILES string of the molecule is CCCCCCCC(CC)OCC(=O)NCCOCCOC(C)(C)C(F)CNC(=O)C(CCCCCCC)CCCCCCC. The molecule has 0 aromatic heterocycles. The highest BCUT2D eigenvalue weighted by Crippen LogP contribution is 2.21. The van der Waals surface area contributed by atoms with Crippen LogP contribution in [-0.4, -0.2) is 69.2 Å². The number of nitrogens with one attached hydrogen (secondary N) is 2. The molecule has 0 spiro atoms. The summed E-state index contributed by atoms with van der Waals surface area (Å²) >= 11 is 0. The third kappa shape index (κ3) is 25.5. The Morgan fingerprint density at radius 2 is 1.22 bits per heavy atom. The van der Waals surface area contributed by atoms with E-state index >= 15 is 4.39 Å². The second-order valence-electron chi connectivity index (χ2n) is 13.3. The standard InChI is InChI=1S/C37H73FN2O5/c1-7-11-14-17-20-23-32(24-21-18-15-12-8-2)36(42)40-30-34(38)37(5,6)45-29-28-43-27-26-39-35(41)31-44-33(10-4)25-22-19-16-13-9-3/h32-34H,7-31H2,1-6H3,(H,39,41)(H,40,42). The maximum atomic E-state index is 15.1. The molecule has 0 saturated heterocycles. The van der Waals surface area contributed by atoms with E-state index in [2.05, 4.69) is 38.3 Å². The van der Waals surface area contributed by atoms with Crippen LogP contribution < -0.4 is 10.6 Å². The summed E-state index contributed by atoms with van der Waals surface area (Å²) in [6, 6.07) is 0. The third-order valence-corrected chi connectivity index (χ3v) is 8.70. The summed E-state index contributed by atoms with van der Waals surface area (Å²) in [5, 5.41) is 5.70. The molecule has 2 atom stereocenters. The molecule has 0 aromatic rings. The van der Waals surface area contributed by atoms with Crippen molar-refractivity contribution in [3.8, 4) is 0 Å². The van der Waals surface area contributed by atoms with Gasteiger partial charge < -0.3 is 24.8 Å². The van der Waals surface area contributed by atoms with E-state index in [1.807, 2.05) is 0 Å². The number of unbranched alkanes of at least 4 members (excludes halogenated alkanes) is 12. The van der Waals surface area contributed by atoms with Gasteiger partial charge in [-0.05, 0) is 39.5 Å². The molecule has 2 N–H and O–H groups in total. The Hall–Kier alpha value is -1.25. The maximum Gasteiger partial charge on any atom is 0.246 e. The molecule has 0 heterocycles. The lowest BCUT2D eigenvalue weighted by molar-refractivity contribution is -0.128. The number of halogens is 1. The van der Waals surface area contributed by atoms with Crippen LogP contribution in [0.15, 0.2) is 0 Å². The number of carbonyl (C=O) groups is 2. The van der Waals surface area contributed by atoms with Gasteiger partial charge in [-0.15, -0.1) is 0 Å². The molecule has 0 aliphatic carbocycles. The number of alkyl halides is 1. The summed E-state index contributed by atoms with van der Waals surface area (Å²) in [6.45, 7) is 13.4. The van der Waals surface area contributed by atoms with Gasteiger partial charge in [0.05, 0.1) is 38.1 Å². The van der Waals surface area contributed by atoms with Crippen LogP contribution in [-0.2, 0) is 23.8 Å². The van der Waals surface area contributed by atoms with Gasteiger partial charge >= 0.3 is 0 Å².